The van der Waals surface area contributed by atoms with Crippen molar-refractivity contribution in [3.05, 3.63) is 53.5 Å². The molecule has 34 heavy (non-hydrogen) atoms. The van der Waals surface area contributed by atoms with Gasteiger partial charge < -0.3 is 15.0 Å². The number of aromatic nitrogens is 2. The van der Waals surface area contributed by atoms with E-state index in [0.29, 0.717) is 37.1 Å². The maximum absolute atomic E-state index is 12.8. The Balaban J connectivity index is 1.29. The van der Waals surface area contributed by atoms with Crippen LogP contribution in [0.4, 0.5) is 24.1 Å². The number of amides is 1. The van der Waals surface area contributed by atoms with Gasteiger partial charge in [-0.25, -0.2) is 9.97 Å². The molecule has 4 rings (SSSR count). The molecule has 1 fully saturated rings. The van der Waals surface area contributed by atoms with Crippen LogP contribution < -0.4 is 15.0 Å². The van der Waals surface area contributed by atoms with Crippen LogP contribution in [0.3, 0.4) is 0 Å². The SMILES string of the molecule is COc1ccc(-c2csc(NC(=O)CN3CCCN(c4ccc(C(F)(F)F)cn4)CC3)n2)cc1. The lowest BCUT2D eigenvalue weighted by Crippen LogP contribution is -2.36. The zero-order chi connectivity index (χ0) is 24.1. The van der Waals surface area contributed by atoms with E-state index < -0.39 is 11.7 Å². The molecule has 1 N–H and O–H groups in total. The summed E-state index contributed by atoms with van der Waals surface area (Å²) in [6.07, 6.45) is -2.77. The van der Waals surface area contributed by atoms with Gasteiger partial charge in [-0.3, -0.25) is 9.69 Å². The number of hydrogen-bond acceptors (Lipinski definition) is 7. The Hall–Kier alpha value is -3.18. The monoisotopic (exact) mass is 491 g/mol. The Bertz CT molecular complexity index is 1100. The van der Waals surface area contributed by atoms with E-state index in [1.165, 1.54) is 17.4 Å². The molecule has 1 saturated heterocycles. The van der Waals surface area contributed by atoms with Gasteiger partial charge in [-0.1, -0.05) is 0 Å². The van der Waals surface area contributed by atoms with Crippen molar-refractivity contribution in [1.82, 2.24) is 14.9 Å². The van der Waals surface area contributed by atoms with Crippen LogP contribution in [0.5, 0.6) is 5.75 Å². The second kappa shape index (κ2) is 10.4. The molecule has 0 saturated carbocycles. The van der Waals surface area contributed by atoms with Crippen molar-refractivity contribution in [2.75, 3.05) is 50.1 Å². The minimum Gasteiger partial charge on any atom is -0.497 e. The average Bonchev–Trinajstić information content (AvgIpc) is 3.16. The van der Waals surface area contributed by atoms with Crippen molar-refractivity contribution in [3.8, 4) is 17.0 Å². The highest BCUT2D eigenvalue weighted by molar-refractivity contribution is 7.14. The molecule has 3 heterocycles. The Kier molecular flexibility index (Phi) is 7.32. The van der Waals surface area contributed by atoms with Crippen molar-refractivity contribution in [3.63, 3.8) is 0 Å². The van der Waals surface area contributed by atoms with Gasteiger partial charge in [0.15, 0.2) is 5.13 Å². The van der Waals surface area contributed by atoms with Gasteiger partial charge in [0, 0.05) is 43.3 Å². The summed E-state index contributed by atoms with van der Waals surface area (Å²) in [7, 11) is 1.61. The van der Waals surface area contributed by atoms with Gasteiger partial charge in [0.05, 0.1) is 24.9 Å². The summed E-state index contributed by atoms with van der Waals surface area (Å²) in [6, 6.07) is 9.98. The Labute approximate surface area is 199 Å². The fourth-order valence-electron chi connectivity index (χ4n) is 3.69. The highest BCUT2D eigenvalue weighted by Gasteiger charge is 2.31. The highest BCUT2D eigenvalue weighted by atomic mass is 32.1. The quantitative estimate of drug-likeness (QED) is 0.552. The lowest BCUT2D eigenvalue weighted by atomic mass is 10.2. The average molecular weight is 492 g/mol. The van der Waals surface area contributed by atoms with Gasteiger partial charge in [0.2, 0.25) is 5.91 Å². The molecule has 11 heteroatoms. The van der Waals surface area contributed by atoms with E-state index in [-0.39, 0.29) is 12.5 Å². The third-order valence-corrected chi connectivity index (χ3v) is 6.25. The Morgan fingerprint density at radius 2 is 1.91 bits per heavy atom. The smallest absolute Gasteiger partial charge is 0.417 e. The molecular formula is C23H24F3N5O2S. The first-order valence-electron chi connectivity index (χ1n) is 10.7. The summed E-state index contributed by atoms with van der Waals surface area (Å²) in [6.45, 7) is 2.76. The predicted octanol–water partition coefficient (Wildman–Crippen LogP) is 4.38. The molecule has 0 aliphatic carbocycles. The van der Waals surface area contributed by atoms with E-state index >= 15 is 0 Å². The first-order chi connectivity index (χ1) is 16.3. The van der Waals surface area contributed by atoms with Crippen LogP contribution in [0.25, 0.3) is 11.3 Å². The minimum absolute atomic E-state index is 0.156. The standard InChI is InChI=1S/C23H24F3N5O2S/c1-33-18-6-3-16(4-7-18)19-15-34-22(28-19)29-21(32)14-30-9-2-10-31(12-11-30)20-8-5-17(13-27-20)23(24,25)26/h3-8,13,15H,2,9-12,14H2,1H3,(H,28,29,32). The maximum atomic E-state index is 12.8. The van der Waals surface area contributed by atoms with Crippen LogP contribution in [0.2, 0.25) is 0 Å². The lowest BCUT2D eigenvalue weighted by molar-refractivity contribution is -0.137. The fraction of sp³-hybridized carbons (Fsp3) is 0.348. The third-order valence-electron chi connectivity index (χ3n) is 5.49. The molecule has 0 bridgehead atoms. The van der Waals surface area contributed by atoms with Gasteiger partial charge in [0.25, 0.3) is 0 Å². The normalized spacial score (nSPS) is 15.1. The summed E-state index contributed by atoms with van der Waals surface area (Å²) in [4.78, 5) is 25.0. The number of nitrogens with zero attached hydrogens (tertiary/aromatic N) is 4. The summed E-state index contributed by atoms with van der Waals surface area (Å²) in [5.74, 6) is 1.11. The summed E-state index contributed by atoms with van der Waals surface area (Å²) in [5, 5.41) is 5.27. The van der Waals surface area contributed by atoms with Gasteiger partial charge in [-0.05, 0) is 42.8 Å². The maximum Gasteiger partial charge on any atom is 0.417 e. The second-order valence-corrected chi connectivity index (χ2v) is 8.69. The molecular weight excluding hydrogens is 467 g/mol. The molecule has 1 aliphatic heterocycles. The molecule has 0 spiro atoms. The van der Waals surface area contributed by atoms with Gasteiger partial charge >= 0.3 is 6.18 Å². The van der Waals surface area contributed by atoms with Crippen LogP contribution in [0.15, 0.2) is 48.0 Å². The number of nitrogens with one attached hydrogen (secondary N) is 1. The molecule has 180 valence electrons. The van der Waals surface area contributed by atoms with Crippen LogP contribution in [0, 0.1) is 0 Å². The number of rotatable bonds is 6. The van der Waals surface area contributed by atoms with Crippen LogP contribution in [0.1, 0.15) is 12.0 Å². The molecule has 0 atom stereocenters. The minimum atomic E-state index is -4.40. The van der Waals surface area contributed by atoms with Gasteiger partial charge in [-0.2, -0.15) is 13.2 Å². The van der Waals surface area contributed by atoms with Crippen molar-refractivity contribution in [2.24, 2.45) is 0 Å². The number of pyridine rings is 1. The topological polar surface area (TPSA) is 70.6 Å². The highest BCUT2D eigenvalue weighted by Crippen LogP contribution is 2.30. The number of benzene rings is 1. The number of carbonyl (C=O) groups is 1. The number of alkyl halides is 3. The van der Waals surface area contributed by atoms with Crippen LogP contribution in [-0.4, -0.2) is 60.6 Å². The lowest BCUT2D eigenvalue weighted by Gasteiger charge is -2.22. The molecule has 1 aromatic carbocycles. The van der Waals surface area contributed by atoms with Gasteiger partial charge in [0.1, 0.15) is 11.6 Å². The summed E-state index contributed by atoms with van der Waals surface area (Å²) in [5.41, 5.74) is 0.946. The second-order valence-electron chi connectivity index (χ2n) is 7.83. The number of halogens is 3. The van der Waals surface area contributed by atoms with Crippen molar-refractivity contribution >= 4 is 28.2 Å². The summed E-state index contributed by atoms with van der Waals surface area (Å²) >= 11 is 1.36. The van der Waals surface area contributed by atoms with E-state index in [9.17, 15) is 18.0 Å². The molecule has 1 aliphatic rings. The summed E-state index contributed by atoms with van der Waals surface area (Å²) < 4.78 is 43.5. The first kappa shape index (κ1) is 24.0. The zero-order valence-corrected chi connectivity index (χ0v) is 19.3. The predicted molar refractivity (Wildman–Crippen MR) is 125 cm³/mol. The molecule has 0 radical (unpaired) electrons. The Morgan fingerprint density at radius 3 is 2.59 bits per heavy atom. The molecule has 2 aromatic heterocycles. The first-order valence-corrected chi connectivity index (χ1v) is 11.6. The van der Waals surface area contributed by atoms with E-state index in [1.807, 2.05) is 39.4 Å². The van der Waals surface area contributed by atoms with Crippen molar-refractivity contribution in [1.29, 1.82) is 0 Å². The molecule has 3 aromatic rings. The van der Waals surface area contributed by atoms with Crippen molar-refractivity contribution in [2.45, 2.75) is 12.6 Å². The van der Waals surface area contributed by atoms with Crippen molar-refractivity contribution < 1.29 is 22.7 Å². The number of hydrogen-bond donors (Lipinski definition) is 1. The van der Waals surface area contributed by atoms with Gasteiger partial charge in [-0.15, -0.1) is 11.3 Å². The van der Waals surface area contributed by atoms with Crippen LogP contribution >= 0.6 is 11.3 Å². The zero-order valence-electron chi connectivity index (χ0n) is 18.5. The van der Waals surface area contributed by atoms with Crippen LogP contribution in [-0.2, 0) is 11.0 Å². The molecule has 7 nitrogen and oxygen atoms in total. The number of methoxy groups -OCH3 is 1. The number of carbonyl (C=O) groups excluding carboxylic acids is 1. The number of anilines is 2. The third kappa shape index (κ3) is 6.03. The largest absolute Gasteiger partial charge is 0.497 e. The van der Waals surface area contributed by atoms with E-state index in [1.54, 1.807) is 7.11 Å². The molecule has 1 amide bonds. The number of ether oxygens (including phenoxy) is 1. The van der Waals surface area contributed by atoms with E-state index in [4.69, 9.17) is 4.74 Å². The van der Waals surface area contributed by atoms with E-state index in [2.05, 4.69) is 15.3 Å². The Morgan fingerprint density at radius 1 is 1.12 bits per heavy atom. The van der Waals surface area contributed by atoms with E-state index in [0.717, 1.165) is 35.7 Å². The number of thiazole rings is 1. The fourth-order valence-corrected chi connectivity index (χ4v) is 4.42. The molecule has 0 unspecified atom stereocenters.